The Morgan fingerprint density at radius 2 is 2.11 bits per heavy atom. The van der Waals surface area contributed by atoms with Crippen molar-refractivity contribution in [3.05, 3.63) is 23.2 Å². The third-order valence-electron chi connectivity index (χ3n) is 2.59. The number of nitrogens with one attached hydrogen (secondary N) is 1. The number of methoxy groups -OCH3 is 1. The Bertz CT molecular complexity index is 489. The van der Waals surface area contributed by atoms with Gasteiger partial charge in [0.25, 0.3) is 0 Å². The number of carbonyl (C=O) groups excluding carboxylic acids is 1. The van der Waals surface area contributed by atoms with Gasteiger partial charge in [-0.25, -0.2) is 0 Å². The number of ether oxygens (including phenoxy) is 1. The second kappa shape index (κ2) is 5.54. The van der Waals surface area contributed by atoms with Crippen LogP contribution in [0.25, 0.3) is 0 Å². The summed E-state index contributed by atoms with van der Waals surface area (Å²) in [6.07, 6.45) is 0. The highest BCUT2D eigenvalue weighted by Crippen LogP contribution is 2.28. The van der Waals surface area contributed by atoms with E-state index in [-0.39, 0.29) is 10.9 Å². The molecule has 0 spiro atoms. The molecule has 1 amide bonds. The van der Waals surface area contributed by atoms with E-state index in [2.05, 4.69) is 5.32 Å². The summed E-state index contributed by atoms with van der Waals surface area (Å²) >= 11 is 10.8. The van der Waals surface area contributed by atoms with Crippen LogP contribution in [0, 0.1) is 5.41 Å². The van der Waals surface area contributed by atoms with E-state index in [0.29, 0.717) is 16.5 Å². The molecule has 1 rings (SSSR count). The fourth-order valence-electron chi connectivity index (χ4n) is 1.14. The Hall–Kier alpha value is -1.33. The first-order chi connectivity index (χ1) is 8.28. The number of nitrogens with two attached hydrogens (primary N) is 1. The van der Waals surface area contributed by atoms with E-state index in [1.807, 2.05) is 0 Å². The van der Waals surface area contributed by atoms with Crippen molar-refractivity contribution in [2.45, 2.75) is 13.8 Å². The largest absolute Gasteiger partial charge is 0.495 e. The number of anilines is 1. The number of carbonyl (C=O) groups is 1. The number of rotatable bonds is 4. The van der Waals surface area contributed by atoms with Gasteiger partial charge in [0.05, 0.1) is 22.5 Å². The molecule has 0 unspecified atom stereocenters. The maximum atomic E-state index is 12.0. The van der Waals surface area contributed by atoms with Crippen LogP contribution in [-0.4, -0.2) is 18.0 Å². The van der Waals surface area contributed by atoms with Crippen molar-refractivity contribution in [3.8, 4) is 5.75 Å². The molecule has 0 fully saturated rings. The zero-order chi connectivity index (χ0) is 13.9. The van der Waals surface area contributed by atoms with Crippen molar-refractivity contribution in [1.29, 1.82) is 0 Å². The fraction of sp³-hybridized carbons (Fsp3) is 0.333. The predicted octanol–water partition coefficient (Wildman–Crippen LogP) is 2.60. The number of amides is 1. The standard InChI is InChI=1S/C12H15ClN2O2S/c1-12(2,10(14)18)11(16)15-7-4-5-8(13)9(6-7)17-3/h4-6H,1-3H3,(H2,14,18)(H,15,16). The quantitative estimate of drug-likeness (QED) is 0.835. The van der Waals surface area contributed by atoms with Crippen LogP contribution in [0.5, 0.6) is 5.75 Å². The summed E-state index contributed by atoms with van der Waals surface area (Å²) in [5.41, 5.74) is 5.19. The van der Waals surface area contributed by atoms with E-state index in [0.717, 1.165) is 0 Å². The lowest BCUT2D eigenvalue weighted by Crippen LogP contribution is -2.41. The summed E-state index contributed by atoms with van der Waals surface area (Å²) < 4.78 is 5.07. The van der Waals surface area contributed by atoms with Crippen molar-refractivity contribution in [2.75, 3.05) is 12.4 Å². The zero-order valence-electron chi connectivity index (χ0n) is 10.4. The summed E-state index contributed by atoms with van der Waals surface area (Å²) in [6.45, 7) is 3.33. The van der Waals surface area contributed by atoms with Crippen LogP contribution in [0.2, 0.25) is 5.02 Å². The molecule has 18 heavy (non-hydrogen) atoms. The molecule has 0 saturated carbocycles. The minimum Gasteiger partial charge on any atom is -0.495 e. The van der Waals surface area contributed by atoms with Gasteiger partial charge in [-0.05, 0) is 26.0 Å². The van der Waals surface area contributed by atoms with E-state index < -0.39 is 5.41 Å². The van der Waals surface area contributed by atoms with Crippen LogP contribution in [-0.2, 0) is 4.79 Å². The molecular formula is C12H15ClN2O2S. The lowest BCUT2D eigenvalue weighted by Gasteiger charge is -2.22. The summed E-state index contributed by atoms with van der Waals surface area (Å²) in [7, 11) is 1.51. The average Bonchev–Trinajstić information content (AvgIpc) is 2.31. The highest BCUT2D eigenvalue weighted by atomic mass is 35.5. The van der Waals surface area contributed by atoms with Crippen molar-refractivity contribution in [2.24, 2.45) is 11.1 Å². The molecule has 1 aromatic rings. The molecule has 0 aliphatic rings. The first-order valence-corrected chi connectivity index (χ1v) is 6.02. The van der Waals surface area contributed by atoms with Gasteiger partial charge in [0.1, 0.15) is 5.75 Å². The van der Waals surface area contributed by atoms with Gasteiger partial charge in [-0.1, -0.05) is 23.8 Å². The van der Waals surface area contributed by atoms with Gasteiger partial charge >= 0.3 is 0 Å². The van der Waals surface area contributed by atoms with Crippen LogP contribution in [0.1, 0.15) is 13.8 Å². The Balaban J connectivity index is 2.92. The molecular weight excluding hydrogens is 272 g/mol. The summed E-state index contributed by atoms with van der Waals surface area (Å²) in [4.78, 5) is 12.1. The van der Waals surface area contributed by atoms with Crippen molar-refractivity contribution >= 4 is 40.4 Å². The Morgan fingerprint density at radius 1 is 1.50 bits per heavy atom. The molecule has 3 N–H and O–H groups in total. The maximum Gasteiger partial charge on any atom is 0.236 e. The predicted molar refractivity (Wildman–Crippen MR) is 77.2 cm³/mol. The third-order valence-corrected chi connectivity index (χ3v) is 3.42. The minimum atomic E-state index is -0.914. The first kappa shape index (κ1) is 14.7. The van der Waals surface area contributed by atoms with Crippen LogP contribution in [0.3, 0.4) is 0 Å². The molecule has 4 nitrogen and oxygen atoms in total. The summed E-state index contributed by atoms with van der Waals surface area (Å²) in [6, 6.07) is 4.96. The van der Waals surface area contributed by atoms with Crippen LogP contribution >= 0.6 is 23.8 Å². The zero-order valence-corrected chi connectivity index (χ0v) is 12.0. The molecule has 0 atom stereocenters. The lowest BCUT2D eigenvalue weighted by molar-refractivity contribution is -0.121. The van der Waals surface area contributed by atoms with E-state index in [1.165, 1.54) is 7.11 Å². The minimum absolute atomic E-state index is 0.140. The van der Waals surface area contributed by atoms with Gasteiger partial charge in [0.2, 0.25) is 5.91 Å². The lowest BCUT2D eigenvalue weighted by atomic mass is 9.92. The van der Waals surface area contributed by atoms with Gasteiger partial charge in [0.15, 0.2) is 0 Å². The van der Waals surface area contributed by atoms with Crippen LogP contribution < -0.4 is 15.8 Å². The maximum absolute atomic E-state index is 12.0. The number of hydrogen-bond donors (Lipinski definition) is 2. The molecule has 1 aromatic carbocycles. The molecule has 0 heterocycles. The van der Waals surface area contributed by atoms with Crippen LogP contribution in [0.4, 0.5) is 5.69 Å². The molecule has 98 valence electrons. The number of halogens is 1. The number of benzene rings is 1. The second-order valence-electron chi connectivity index (χ2n) is 4.29. The Morgan fingerprint density at radius 3 is 2.61 bits per heavy atom. The van der Waals surface area contributed by atoms with Gasteiger partial charge < -0.3 is 15.8 Å². The Kier molecular flexibility index (Phi) is 4.53. The van der Waals surface area contributed by atoms with E-state index in [1.54, 1.807) is 32.0 Å². The molecule has 0 aliphatic carbocycles. The molecule has 0 aromatic heterocycles. The molecule has 0 radical (unpaired) electrons. The third kappa shape index (κ3) is 3.11. The second-order valence-corrected chi connectivity index (χ2v) is 5.14. The van der Waals surface area contributed by atoms with Crippen LogP contribution in [0.15, 0.2) is 18.2 Å². The van der Waals surface area contributed by atoms with E-state index in [4.69, 9.17) is 34.3 Å². The highest BCUT2D eigenvalue weighted by Gasteiger charge is 2.30. The normalized spacial score (nSPS) is 10.9. The SMILES string of the molecule is COc1cc(NC(=O)C(C)(C)C(N)=S)ccc1Cl. The molecule has 0 aliphatic heterocycles. The van der Waals surface area contributed by atoms with E-state index in [9.17, 15) is 4.79 Å². The smallest absolute Gasteiger partial charge is 0.236 e. The van der Waals surface area contributed by atoms with Crippen molar-refractivity contribution in [3.63, 3.8) is 0 Å². The fourth-order valence-corrected chi connectivity index (χ4v) is 1.42. The van der Waals surface area contributed by atoms with Gasteiger partial charge in [0, 0.05) is 11.8 Å². The first-order valence-electron chi connectivity index (χ1n) is 5.24. The summed E-state index contributed by atoms with van der Waals surface area (Å²) in [5, 5.41) is 3.20. The molecule has 6 heteroatoms. The van der Waals surface area contributed by atoms with Crippen molar-refractivity contribution < 1.29 is 9.53 Å². The topological polar surface area (TPSA) is 64.3 Å². The van der Waals surface area contributed by atoms with E-state index >= 15 is 0 Å². The highest BCUT2D eigenvalue weighted by molar-refractivity contribution is 7.80. The molecule has 0 saturated heterocycles. The monoisotopic (exact) mass is 286 g/mol. The van der Waals surface area contributed by atoms with Gasteiger partial charge in [-0.2, -0.15) is 0 Å². The van der Waals surface area contributed by atoms with Gasteiger partial charge in [-0.15, -0.1) is 0 Å². The van der Waals surface area contributed by atoms with Crippen molar-refractivity contribution in [1.82, 2.24) is 0 Å². The summed E-state index contributed by atoms with van der Waals surface area (Å²) in [5.74, 6) is 0.210. The molecule has 0 bridgehead atoms. The number of hydrogen-bond acceptors (Lipinski definition) is 3. The van der Waals surface area contributed by atoms with Gasteiger partial charge in [-0.3, -0.25) is 4.79 Å². The number of thiocarbonyl (C=S) groups is 1. The Labute approximate surface area is 116 Å². The average molecular weight is 287 g/mol.